The van der Waals surface area contributed by atoms with Gasteiger partial charge >= 0.3 is 5.69 Å². The van der Waals surface area contributed by atoms with E-state index in [1.54, 1.807) is 41.2 Å². The number of unbranched alkanes of at least 4 members (excludes halogenated alkanes) is 1. The lowest BCUT2D eigenvalue weighted by Crippen LogP contribution is -2.38. The fourth-order valence-electron chi connectivity index (χ4n) is 2.63. The quantitative estimate of drug-likeness (QED) is 0.386. The molecule has 0 radical (unpaired) electrons. The molecule has 2 aliphatic rings. The van der Waals surface area contributed by atoms with E-state index in [-0.39, 0.29) is 5.56 Å². The van der Waals surface area contributed by atoms with E-state index in [9.17, 15) is 9.59 Å². The Balaban J connectivity index is 2.01. The zero-order chi connectivity index (χ0) is 17.8. The molecule has 0 amide bonds. The highest BCUT2D eigenvalue weighted by Gasteiger charge is 2.16. The fraction of sp³-hybridized carbons (Fsp3) is 0.222. The predicted octanol–water partition coefficient (Wildman–Crippen LogP) is 2.57. The molecule has 0 saturated heterocycles. The summed E-state index contributed by atoms with van der Waals surface area (Å²) in [7, 11) is 0. The van der Waals surface area contributed by atoms with Gasteiger partial charge in [0.25, 0.3) is 5.56 Å². The lowest BCUT2D eigenvalue weighted by molar-refractivity contribution is 0.590. The minimum absolute atomic E-state index is 0.317. The third kappa shape index (κ3) is 3.69. The third-order valence-electron chi connectivity index (χ3n) is 3.88. The second-order valence-electron chi connectivity index (χ2n) is 5.64. The monoisotopic (exact) mass is 356 g/mol. The average Bonchev–Trinajstić information content (AvgIpc) is 2.60. The van der Waals surface area contributed by atoms with Crippen LogP contribution in [0.1, 0.15) is 18.4 Å². The number of hydrogen-bond donors (Lipinski definition) is 0. The number of rotatable bonds is 6. The van der Waals surface area contributed by atoms with Gasteiger partial charge in [0.15, 0.2) is 5.82 Å². The molecule has 0 saturated carbocycles. The van der Waals surface area contributed by atoms with Gasteiger partial charge in [0.2, 0.25) is 0 Å². The van der Waals surface area contributed by atoms with Gasteiger partial charge in [-0.25, -0.2) is 9.78 Å². The lowest BCUT2D eigenvalue weighted by Gasteiger charge is -2.15. The van der Waals surface area contributed by atoms with Crippen LogP contribution in [0.2, 0.25) is 5.15 Å². The van der Waals surface area contributed by atoms with Gasteiger partial charge in [-0.2, -0.15) is 4.98 Å². The molecular formula is C18H17ClN4O2. The smallest absolute Gasteiger partial charge is 0.328 e. The number of aromatic nitrogens is 4. The van der Waals surface area contributed by atoms with Crippen LogP contribution in [0, 0.1) is 0 Å². The molecule has 128 valence electrons. The Hall–Kier alpha value is -2.73. The SMILES string of the molecule is C=CCCCn1c(=O)nc2n(Cc3ccc(Cl)nc3)cccc-2c1=O. The number of halogens is 1. The summed E-state index contributed by atoms with van der Waals surface area (Å²) < 4.78 is 2.94. The Morgan fingerprint density at radius 2 is 2.08 bits per heavy atom. The van der Waals surface area contributed by atoms with Gasteiger partial charge in [0.1, 0.15) is 5.15 Å². The van der Waals surface area contributed by atoms with Crippen molar-refractivity contribution in [1.29, 1.82) is 0 Å². The molecule has 1 aromatic rings. The maximum Gasteiger partial charge on any atom is 0.352 e. The summed E-state index contributed by atoms with van der Waals surface area (Å²) in [5.74, 6) is 0.368. The first-order valence-electron chi connectivity index (χ1n) is 7.91. The van der Waals surface area contributed by atoms with E-state index in [1.165, 1.54) is 4.57 Å². The van der Waals surface area contributed by atoms with Crippen LogP contribution in [-0.4, -0.2) is 19.1 Å². The second kappa shape index (κ2) is 7.44. The Morgan fingerprint density at radius 1 is 1.24 bits per heavy atom. The van der Waals surface area contributed by atoms with Crippen molar-refractivity contribution in [3.05, 3.63) is 80.9 Å². The maximum atomic E-state index is 12.6. The summed E-state index contributed by atoms with van der Waals surface area (Å²) in [6.07, 6.45) is 6.61. The van der Waals surface area contributed by atoms with Gasteiger partial charge < -0.3 is 4.57 Å². The summed E-state index contributed by atoms with van der Waals surface area (Å²) in [6.45, 7) is 4.42. The highest BCUT2D eigenvalue weighted by atomic mass is 35.5. The normalized spacial score (nSPS) is 10.9. The van der Waals surface area contributed by atoms with E-state index in [0.717, 1.165) is 12.0 Å². The molecule has 0 unspecified atom stereocenters. The third-order valence-corrected chi connectivity index (χ3v) is 4.10. The van der Waals surface area contributed by atoms with E-state index in [2.05, 4.69) is 16.5 Å². The first kappa shape index (κ1) is 17.1. The van der Waals surface area contributed by atoms with Gasteiger partial charge in [0.05, 0.1) is 12.1 Å². The molecule has 0 fully saturated rings. The van der Waals surface area contributed by atoms with Crippen molar-refractivity contribution < 1.29 is 0 Å². The first-order chi connectivity index (χ1) is 12.1. The molecule has 7 heteroatoms. The van der Waals surface area contributed by atoms with Crippen LogP contribution in [0.5, 0.6) is 0 Å². The lowest BCUT2D eigenvalue weighted by atomic mass is 10.2. The molecule has 1 aromatic heterocycles. The van der Waals surface area contributed by atoms with Crippen LogP contribution in [0.4, 0.5) is 0 Å². The van der Waals surface area contributed by atoms with Crippen molar-refractivity contribution in [2.24, 2.45) is 0 Å². The molecule has 2 aliphatic heterocycles. The van der Waals surface area contributed by atoms with Crippen molar-refractivity contribution >= 4 is 11.6 Å². The van der Waals surface area contributed by atoms with E-state index < -0.39 is 5.69 Å². The highest BCUT2D eigenvalue weighted by Crippen LogP contribution is 2.15. The summed E-state index contributed by atoms with van der Waals surface area (Å²) >= 11 is 5.80. The highest BCUT2D eigenvalue weighted by molar-refractivity contribution is 6.29. The Bertz CT molecular complexity index is 976. The summed E-state index contributed by atoms with van der Waals surface area (Å²) in [6, 6.07) is 7.00. The molecular weight excluding hydrogens is 340 g/mol. The van der Waals surface area contributed by atoms with Gasteiger partial charge in [0, 0.05) is 18.9 Å². The molecule has 0 bridgehead atoms. The van der Waals surface area contributed by atoms with E-state index in [1.807, 2.05) is 6.07 Å². The van der Waals surface area contributed by atoms with E-state index in [4.69, 9.17) is 11.6 Å². The van der Waals surface area contributed by atoms with E-state index >= 15 is 0 Å². The topological polar surface area (TPSA) is 69.8 Å². The number of pyridine rings is 2. The standard InChI is InChI=1S/C18H17ClN4O2/c1-2-3-4-10-23-17(24)14-6-5-9-22(16(14)21-18(23)25)12-13-7-8-15(19)20-11-13/h2,5-9,11H,1,3-4,10,12H2. The number of allylic oxidation sites excluding steroid dienone is 1. The zero-order valence-electron chi connectivity index (χ0n) is 13.6. The largest absolute Gasteiger partial charge is 0.352 e. The van der Waals surface area contributed by atoms with Gasteiger partial charge in [-0.1, -0.05) is 23.7 Å². The molecule has 0 aliphatic carbocycles. The predicted molar refractivity (Wildman–Crippen MR) is 97.2 cm³/mol. The molecule has 3 heterocycles. The summed E-state index contributed by atoms with van der Waals surface area (Å²) in [4.78, 5) is 33.1. The average molecular weight is 357 g/mol. The Labute approximate surface area is 149 Å². The van der Waals surface area contributed by atoms with Crippen molar-refractivity contribution in [3.8, 4) is 11.4 Å². The molecule has 3 rings (SSSR count). The molecule has 0 N–H and O–H groups in total. The van der Waals surface area contributed by atoms with Crippen LogP contribution in [0.25, 0.3) is 11.4 Å². The molecule has 25 heavy (non-hydrogen) atoms. The first-order valence-corrected chi connectivity index (χ1v) is 8.29. The van der Waals surface area contributed by atoms with Crippen molar-refractivity contribution in [2.45, 2.75) is 25.9 Å². The summed E-state index contributed by atoms with van der Waals surface area (Å²) in [5, 5.41) is 0.411. The van der Waals surface area contributed by atoms with Crippen LogP contribution in [0.15, 0.2) is 58.9 Å². The van der Waals surface area contributed by atoms with Crippen molar-refractivity contribution in [2.75, 3.05) is 0 Å². The van der Waals surface area contributed by atoms with Crippen molar-refractivity contribution in [3.63, 3.8) is 0 Å². The molecule has 0 atom stereocenters. The van der Waals surface area contributed by atoms with Gasteiger partial charge in [-0.15, -0.1) is 6.58 Å². The summed E-state index contributed by atoms with van der Waals surface area (Å²) in [5.41, 5.74) is 0.465. The van der Waals surface area contributed by atoms with Gasteiger partial charge in [-0.3, -0.25) is 9.36 Å². The minimum Gasteiger partial charge on any atom is -0.328 e. The maximum absolute atomic E-state index is 12.6. The molecule has 0 aromatic carbocycles. The van der Waals surface area contributed by atoms with Gasteiger partial charge in [-0.05, 0) is 36.6 Å². The van der Waals surface area contributed by atoms with Crippen LogP contribution in [0.3, 0.4) is 0 Å². The van der Waals surface area contributed by atoms with Crippen molar-refractivity contribution in [1.82, 2.24) is 19.1 Å². The van der Waals surface area contributed by atoms with Crippen LogP contribution >= 0.6 is 11.6 Å². The molecule has 6 nitrogen and oxygen atoms in total. The molecule has 0 spiro atoms. The fourth-order valence-corrected chi connectivity index (χ4v) is 2.74. The van der Waals surface area contributed by atoms with Crippen LogP contribution in [-0.2, 0) is 13.1 Å². The number of nitrogens with zero attached hydrogens (tertiary/aromatic N) is 4. The minimum atomic E-state index is -0.532. The van der Waals surface area contributed by atoms with E-state index in [0.29, 0.717) is 36.1 Å². The second-order valence-corrected chi connectivity index (χ2v) is 6.03. The zero-order valence-corrected chi connectivity index (χ0v) is 14.3. The number of hydrogen-bond acceptors (Lipinski definition) is 4. The number of fused-ring (bicyclic) bond motifs is 1. The Morgan fingerprint density at radius 3 is 2.80 bits per heavy atom. The van der Waals surface area contributed by atoms with Crippen LogP contribution < -0.4 is 11.2 Å². The Kier molecular flexibility index (Phi) is 5.09.